The van der Waals surface area contributed by atoms with E-state index in [4.69, 9.17) is 0 Å². The fraction of sp³-hybridized carbons (Fsp3) is 0.278. The first-order valence-corrected chi connectivity index (χ1v) is 9.47. The van der Waals surface area contributed by atoms with E-state index in [9.17, 15) is 14.5 Å². The number of thioether (sulfide) groups is 1. The summed E-state index contributed by atoms with van der Waals surface area (Å²) in [4.78, 5) is 14.7. The zero-order chi connectivity index (χ0) is 18.8. The molecule has 0 amide bonds. The number of nitrogens with one attached hydrogen (secondary N) is 2. The molecule has 0 aromatic heterocycles. The highest BCUT2D eigenvalue weighted by atomic mass is 127. The lowest BCUT2D eigenvalue weighted by Gasteiger charge is -2.13. The number of rotatable bonds is 8. The molecule has 9 heteroatoms. The molecule has 0 bridgehead atoms. The van der Waals surface area contributed by atoms with Crippen molar-refractivity contribution in [2.75, 3.05) is 18.6 Å². The third-order valence-corrected chi connectivity index (χ3v) is 4.18. The molecule has 6 nitrogen and oxygen atoms in total. The fourth-order valence-electron chi connectivity index (χ4n) is 2.16. The molecule has 0 radical (unpaired) electrons. The second-order valence-electron chi connectivity index (χ2n) is 5.45. The van der Waals surface area contributed by atoms with E-state index >= 15 is 0 Å². The Morgan fingerprint density at radius 1 is 1.19 bits per heavy atom. The molecule has 0 fully saturated rings. The number of hydrogen-bond donors (Lipinski definition) is 2. The maximum Gasteiger partial charge on any atom is 0.269 e. The van der Waals surface area contributed by atoms with Crippen LogP contribution in [0.5, 0.6) is 0 Å². The largest absolute Gasteiger partial charge is 0.356 e. The summed E-state index contributed by atoms with van der Waals surface area (Å²) in [7, 11) is 0. The van der Waals surface area contributed by atoms with Crippen LogP contribution in [0.15, 0.2) is 53.5 Å². The van der Waals surface area contributed by atoms with Gasteiger partial charge in [0.15, 0.2) is 5.96 Å². The van der Waals surface area contributed by atoms with Crippen molar-refractivity contribution in [3.05, 3.63) is 75.6 Å². The van der Waals surface area contributed by atoms with Crippen molar-refractivity contribution >= 4 is 47.4 Å². The minimum Gasteiger partial charge on any atom is -0.356 e. The SMILES string of the molecule is CSCCNC(=NCc1ccc([N+](=O)[O-])cc1)NCc1ccccc1F.I. The van der Waals surface area contributed by atoms with Gasteiger partial charge in [-0.3, -0.25) is 10.1 Å². The van der Waals surface area contributed by atoms with Gasteiger partial charge in [0.1, 0.15) is 5.82 Å². The van der Waals surface area contributed by atoms with Crippen LogP contribution in [0.2, 0.25) is 0 Å². The number of hydrogen-bond acceptors (Lipinski definition) is 4. The van der Waals surface area contributed by atoms with Crippen molar-refractivity contribution in [1.29, 1.82) is 0 Å². The van der Waals surface area contributed by atoms with E-state index in [-0.39, 0.29) is 35.5 Å². The summed E-state index contributed by atoms with van der Waals surface area (Å²) < 4.78 is 13.7. The topological polar surface area (TPSA) is 79.6 Å². The van der Waals surface area contributed by atoms with E-state index in [2.05, 4.69) is 15.6 Å². The van der Waals surface area contributed by atoms with Crippen molar-refractivity contribution in [1.82, 2.24) is 10.6 Å². The third-order valence-electron chi connectivity index (χ3n) is 3.57. The summed E-state index contributed by atoms with van der Waals surface area (Å²) in [5.41, 5.74) is 1.46. The molecule has 2 aromatic rings. The number of nitrogens with zero attached hydrogens (tertiary/aromatic N) is 2. The number of aliphatic imine (C=N–C) groups is 1. The van der Waals surface area contributed by atoms with Gasteiger partial charge in [0.25, 0.3) is 5.69 Å². The number of guanidine groups is 1. The van der Waals surface area contributed by atoms with E-state index in [1.807, 2.05) is 6.26 Å². The van der Waals surface area contributed by atoms with Crippen LogP contribution in [0.4, 0.5) is 10.1 Å². The number of benzene rings is 2. The van der Waals surface area contributed by atoms with Gasteiger partial charge in [-0.1, -0.05) is 30.3 Å². The molecule has 0 aliphatic carbocycles. The maximum atomic E-state index is 13.7. The van der Waals surface area contributed by atoms with E-state index in [0.29, 0.717) is 24.6 Å². The minimum atomic E-state index is -0.432. The first-order chi connectivity index (χ1) is 12.6. The van der Waals surface area contributed by atoms with Gasteiger partial charge in [-0.2, -0.15) is 11.8 Å². The minimum absolute atomic E-state index is 0. The molecule has 2 rings (SSSR count). The number of non-ortho nitro benzene ring substituents is 1. The molecular weight excluding hydrogens is 482 g/mol. The predicted molar refractivity (Wildman–Crippen MR) is 119 cm³/mol. The average Bonchev–Trinajstić information content (AvgIpc) is 2.65. The Balaban J connectivity index is 0.00000364. The number of nitro groups is 1. The van der Waals surface area contributed by atoms with Crippen molar-refractivity contribution in [3.63, 3.8) is 0 Å². The zero-order valence-corrected chi connectivity index (χ0v) is 18.0. The summed E-state index contributed by atoms with van der Waals surface area (Å²) in [6.07, 6.45) is 2.02. The van der Waals surface area contributed by atoms with Crippen molar-refractivity contribution < 1.29 is 9.31 Å². The Morgan fingerprint density at radius 3 is 2.52 bits per heavy atom. The molecule has 2 aromatic carbocycles. The smallest absolute Gasteiger partial charge is 0.269 e. The Kier molecular flexibility index (Phi) is 10.7. The average molecular weight is 504 g/mol. The highest BCUT2D eigenvalue weighted by Gasteiger charge is 2.05. The molecule has 0 aliphatic heterocycles. The van der Waals surface area contributed by atoms with Crippen LogP contribution in [0, 0.1) is 15.9 Å². The molecule has 0 heterocycles. The monoisotopic (exact) mass is 504 g/mol. The lowest BCUT2D eigenvalue weighted by atomic mass is 10.2. The molecular formula is C18H22FIN4O2S. The molecule has 0 unspecified atom stereocenters. The van der Waals surface area contributed by atoms with Crippen molar-refractivity contribution in [2.24, 2.45) is 4.99 Å². The Bertz CT molecular complexity index is 759. The first-order valence-electron chi connectivity index (χ1n) is 8.08. The predicted octanol–water partition coefficient (Wildman–Crippen LogP) is 3.95. The van der Waals surface area contributed by atoms with E-state index in [1.165, 1.54) is 18.2 Å². The molecule has 0 aliphatic rings. The zero-order valence-electron chi connectivity index (χ0n) is 14.9. The molecule has 0 saturated heterocycles. The van der Waals surface area contributed by atoms with Crippen LogP contribution in [0.1, 0.15) is 11.1 Å². The molecule has 0 spiro atoms. The summed E-state index contributed by atoms with van der Waals surface area (Å²) in [6, 6.07) is 12.9. The third kappa shape index (κ3) is 8.12. The van der Waals surface area contributed by atoms with Gasteiger partial charge < -0.3 is 10.6 Å². The van der Waals surface area contributed by atoms with Crippen LogP contribution in [0.3, 0.4) is 0 Å². The summed E-state index contributed by atoms with van der Waals surface area (Å²) in [5, 5.41) is 17.0. The standard InChI is InChI=1S/C18H21FN4O2S.HI/c1-26-11-10-20-18(22-13-15-4-2-3-5-17(15)19)21-12-14-6-8-16(9-7-14)23(24)25;/h2-9H,10-13H2,1H3,(H2,20,21,22);1H. The van der Waals surface area contributed by atoms with E-state index in [0.717, 1.165) is 17.9 Å². The molecule has 0 saturated carbocycles. The van der Waals surface area contributed by atoms with Crippen molar-refractivity contribution in [2.45, 2.75) is 13.1 Å². The Morgan fingerprint density at radius 2 is 1.89 bits per heavy atom. The van der Waals surface area contributed by atoms with Crippen LogP contribution >= 0.6 is 35.7 Å². The molecule has 0 atom stereocenters. The van der Waals surface area contributed by atoms with Crippen LogP contribution in [-0.2, 0) is 13.1 Å². The quantitative estimate of drug-likeness (QED) is 0.142. The van der Waals surface area contributed by atoms with Gasteiger partial charge in [0, 0.05) is 36.5 Å². The van der Waals surface area contributed by atoms with Gasteiger partial charge in [0.2, 0.25) is 0 Å². The van der Waals surface area contributed by atoms with Gasteiger partial charge in [-0.25, -0.2) is 9.38 Å². The summed E-state index contributed by atoms with van der Waals surface area (Å²) in [5.74, 6) is 1.22. The van der Waals surface area contributed by atoms with Gasteiger partial charge in [-0.15, -0.1) is 24.0 Å². The fourth-order valence-corrected chi connectivity index (χ4v) is 2.47. The lowest BCUT2D eigenvalue weighted by molar-refractivity contribution is -0.384. The molecule has 27 heavy (non-hydrogen) atoms. The molecule has 146 valence electrons. The van der Waals surface area contributed by atoms with E-state index < -0.39 is 4.92 Å². The second kappa shape index (κ2) is 12.5. The Hall–Kier alpha value is -1.88. The van der Waals surface area contributed by atoms with Crippen LogP contribution < -0.4 is 10.6 Å². The van der Waals surface area contributed by atoms with Gasteiger partial charge >= 0.3 is 0 Å². The highest BCUT2D eigenvalue weighted by Crippen LogP contribution is 2.12. The Labute approximate surface area is 179 Å². The van der Waals surface area contributed by atoms with Gasteiger partial charge in [-0.05, 0) is 17.9 Å². The first kappa shape index (κ1) is 23.2. The highest BCUT2D eigenvalue weighted by molar-refractivity contribution is 14.0. The molecule has 2 N–H and O–H groups in total. The maximum absolute atomic E-state index is 13.7. The second-order valence-corrected chi connectivity index (χ2v) is 6.44. The van der Waals surface area contributed by atoms with Crippen LogP contribution in [-0.4, -0.2) is 29.4 Å². The number of nitro benzene ring substituents is 1. The van der Waals surface area contributed by atoms with Crippen LogP contribution in [0.25, 0.3) is 0 Å². The van der Waals surface area contributed by atoms with Crippen molar-refractivity contribution in [3.8, 4) is 0 Å². The lowest BCUT2D eigenvalue weighted by Crippen LogP contribution is -2.38. The summed E-state index contributed by atoms with van der Waals surface area (Å²) in [6.45, 7) is 1.41. The van der Waals surface area contributed by atoms with E-state index in [1.54, 1.807) is 42.1 Å². The summed E-state index contributed by atoms with van der Waals surface area (Å²) >= 11 is 1.71. The van der Waals surface area contributed by atoms with Gasteiger partial charge in [0.05, 0.1) is 11.5 Å². The number of halogens is 2. The normalized spacial score (nSPS) is 10.8.